The van der Waals surface area contributed by atoms with Gasteiger partial charge in [0.15, 0.2) is 0 Å². The van der Waals surface area contributed by atoms with Gasteiger partial charge in [-0.3, -0.25) is 4.79 Å². The predicted octanol–water partition coefficient (Wildman–Crippen LogP) is 1.45. The molecule has 0 bridgehead atoms. The first-order valence-corrected chi connectivity index (χ1v) is 6.78. The summed E-state index contributed by atoms with van der Waals surface area (Å²) in [7, 11) is 0. The van der Waals surface area contributed by atoms with E-state index in [-0.39, 0.29) is 11.5 Å². The molecule has 17 heavy (non-hydrogen) atoms. The van der Waals surface area contributed by atoms with Crippen LogP contribution in [-0.4, -0.2) is 37.7 Å². The molecule has 4 heteroatoms. The SMILES string of the molecule is CCOC(=O)CCCCCNC1(C)CCNC1. The standard InChI is InChI=1S/C13H26N2O2/c1-3-17-12(16)7-5-4-6-9-15-13(2)8-10-14-11-13/h14-15H,3-11H2,1-2H3. The molecule has 0 aromatic carbocycles. The molecule has 0 saturated carbocycles. The Bertz CT molecular complexity index is 225. The van der Waals surface area contributed by atoms with Crippen molar-refractivity contribution in [1.82, 2.24) is 10.6 Å². The molecule has 100 valence electrons. The van der Waals surface area contributed by atoms with Gasteiger partial charge in [-0.05, 0) is 46.2 Å². The first-order valence-electron chi connectivity index (χ1n) is 6.78. The Balaban J connectivity index is 1.92. The Labute approximate surface area is 104 Å². The summed E-state index contributed by atoms with van der Waals surface area (Å²) in [5, 5.41) is 6.96. The van der Waals surface area contributed by atoms with E-state index in [2.05, 4.69) is 17.6 Å². The fourth-order valence-corrected chi connectivity index (χ4v) is 2.16. The second-order valence-electron chi connectivity index (χ2n) is 5.03. The third-order valence-electron chi connectivity index (χ3n) is 3.28. The van der Waals surface area contributed by atoms with Gasteiger partial charge in [-0.1, -0.05) is 6.42 Å². The van der Waals surface area contributed by atoms with Crippen LogP contribution in [0.1, 0.15) is 46.0 Å². The van der Waals surface area contributed by atoms with E-state index in [0.29, 0.717) is 13.0 Å². The summed E-state index contributed by atoms with van der Waals surface area (Å²) in [6, 6.07) is 0. The summed E-state index contributed by atoms with van der Waals surface area (Å²) in [4.78, 5) is 11.1. The van der Waals surface area contributed by atoms with Crippen LogP contribution in [-0.2, 0) is 9.53 Å². The van der Waals surface area contributed by atoms with Gasteiger partial charge in [-0.25, -0.2) is 0 Å². The van der Waals surface area contributed by atoms with E-state index in [1.165, 1.54) is 6.42 Å². The highest BCUT2D eigenvalue weighted by molar-refractivity contribution is 5.69. The Morgan fingerprint density at radius 1 is 1.41 bits per heavy atom. The molecule has 1 saturated heterocycles. The summed E-state index contributed by atoms with van der Waals surface area (Å²) in [6.07, 6.45) is 4.93. The fourth-order valence-electron chi connectivity index (χ4n) is 2.16. The Hall–Kier alpha value is -0.610. The van der Waals surface area contributed by atoms with Crippen LogP contribution in [0.25, 0.3) is 0 Å². The molecule has 0 amide bonds. The van der Waals surface area contributed by atoms with Crippen molar-refractivity contribution < 1.29 is 9.53 Å². The smallest absolute Gasteiger partial charge is 0.305 e. The van der Waals surface area contributed by atoms with E-state index < -0.39 is 0 Å². The maximum atomic E-state index is 11.1. The molecule has 1 rings (SSSR count). The van der Waals surface area contributed by atoms with Crippen LogP contribution in [0.3, 0.4) is 0 Å². The molecule has 1 fully saturated rings. The molecule has 1 atom stereocenters. The van der Waals surface area contributed by atoms with Gasteiger partial charge in [-0.15, -0.1) is 0 Å². The van der Waals surface area contributed by atoms with Crippen LogP contribution in [0.4, 0.5) is 0 Å². The van der Waals surface area contributed by atoms with Gasteiger partial charge in [0, 0.05) is 18.5 Å². The minimum absolute atomic E-state index is 0.0626. The average Bonchev–Trinajstić information content (AvgIpc) is 2.71. The summed E-state index contributed by atoms with van der Waals surface area (Å²) in [5.74, 6) is -0.0626. The zero-order chi connectivity index (χ0) is 12.6. The lowest BCUT2D eigenvalue weighted by atomic mass is 10.0. The molecule has 4 nitrogen and oxygen atoms in total. The molecule has 1 heterocycles. The normalized spacial score (nSPS) is 23.9. The molecule has 1 unspecified atom stereocenters. The van der Waals surface area contributed by atoms with Crippen molar-refractivity contribution in [1.29, 1.82) is 0 Å². The number of hydrogen-bond acceptors (Lipinski definition) is 4. The number of rotatable bonds is 8. The Morgan fingerprint density at radius 3 is 2.88 bits per heavy atom. The van der Waals surface area contributed by atoms with E-state index in [4.69, 9.17) is 4.74 Å². The molecule has 1 aliphatic rings. The molecule has 0 aromatic heterocycles. The summed E-state index contributed by atoms with van der Waals surface area (Å²) < 4.78 is 4.88. The van der Waals surface area contributed by atoms with Crippen LogP contribution in [0.5, 0.6) is 0 Å². The largest absolute Gasteiger partial charge is 0.466 e. The van der Waals surface area contributed by atoms with Crippen molar-refractivity contribution in [2.75, 3.05) is 26.2 Å². The lowest BCUT2D eigenvalue weighted by Gasteiger charge is -2.24. The van der Waals surface area contributed by atoms with E-state index in [0.717, 1.165) is 38.9 Å². The van der Waals surface area contributed by atoms with Crippen LogP contribution < -0.4 is 10.6 Å². The summed E-state index contributed by atoms with van der Waals surface area (Å²) in [6.45, 7) is 7.83. The molecule has 0 radical (unpaired) electrons. The van der Waals surface area contributed by atoms with Crippen molar-refractivity contribution in [2.45, 2.75) is 51.5 Å². The first-order chi connectivity index (χ1) is 8.16. The lowest BCUT2D eigenvalue weighted by Crippen LogP contribution is -2.44. The van der Waals surface area contributed by atoms with Gasteiger partial charge in [-0.2, -0.15) is 0 Å². The number of hydrogen-bond donors (Lipinski definition) is 2. The van der Waals surface area contributed by atoms with Crippen molar-refractivity contribution in [3.05, 3.63) is 0 Å². The van der Waals surface area contributed by atoms with E-state index >= 15 is 0 Å². The third kappa shape index (κ3) is 6.03. The van der Waals surface area contributed by atoms with Gasteiger partial charge in [0.1, 0.15) is 0 Å². The minimum Gasteiger partial charge on any atom is -0.466 e. The predicted molar refractivity (Wildman–Crippen MR) is 69.0 cm³/mol. The molecule has 1 aliphatic heterocycles. The van der Waals surface area contributed by atoms with Crippen LogP contribution in [0, 0.1) is 0 Å². The second kappa shape index (κ2) is 7.67. The highest BCUT2D eigenvalue weighted by atomic mass is 16.5. The number of carbonyl (C=O) groups excluding carboxylic acids is 1. The zero-order valence-electron chi connectivity index (χ0n) is 11.2. The highest BCUT2D eigenvalue weighted by Crippen LogP contribution is 2.13. The third-order valence-corrected chi connectivity index (χ3v) is 3.28. The van der Waals surface area contributed by atoms with Crippen molar-refractivity contribution >= 4 is 5.97 Å². The Kier molecular flexibility index (Phi) is 6.52. The number of unbranched alkanes of at least 4 members (excludes halogenated alkanes) is 2. The number of esters is 1. The number of ether oxygens (including phenoxy) is 1. The minimum atomic E-state index is -0.0626. The van der Waals surface area contributed by atoms with Gasteiger partial charge in [0.25, 0.3) is 0 Å². The van der Waals surface area contributed by atoms with E-state index in [9.17, 15) is 4.79 Å². The quantitative estimate of drug-likeness (QED) is 0.500. The lowest BCUT2D eigenvalue weighted by molar-refractivity contribution is -0.143. The van der Waals surface area contributed by atoms with Gasteiger partial charge in [0.2, 0.25) is 0 Å². The molecule has 0 spiro atoms. The maximum Gasteiger partial charge on any atom is 0.305 e. The number of carbonyl (C=O) groups is 1. The summed E-state index contributed by atoms with van der Waals surface area (Å²) >= 11 is 0. The second-order valence-corrected chi connectivity index (χ2v) is 5.03. The van der Waals surface area contributed by atoms with Crippen molar-refractivity contribution in [2.24, 2.45) is 0 Å². The molecular formula is C13H26N2O2. The van der Waals surface area contributed by atoms with Crippen LogP contribution in [0.2, 0.25) is 0 Å². The maximum absolute atomic E-state index is 11.1. The molecule has 0 aliphatic carbocycles. The van der Waals surface area contributed by atoms with Crippen LogP contribution >= 0.6 is 0 Å². The zero-order valence-corrected chi connectivity index (χ0v) is 11.2. The van der Waals surface area contributed by atoms with Gasteiger partial charge >= 0.3 is 5.97 Å². The summed E-state index contributed by atoms with van der Waals surface area (Å²) in [5.41, 5.74) is 0.279. The van der Waals surface area contributed by atoms with Crippen LogP contribution in [0.15, 0.2) is 0 Å². The monoisotopic (exact) mass is 242 g/mol. The first kappa shape index (κ1) is 14.5. The average molecular weight is 242 g/mol. The van der Waals surface area contributed by atoms with Gasteiger partial charge < -0.3 is 15.4 Å². The Morgan fingerprint density at radius 2 is 2.24 bits per heavy atom. The number of nitrogens with one attached hydrogen (secondary N) is 2. The van der Waals surface area contributed by atoms with Gasteiger partial charge in [0.05, 0.1) is 6.61 Å². The molecule has 0 aromatic rings. The fraction of sp³-hybridized carbons (Fsp3) is 0.923. The van der Waals surface area contributed by atoms with E-state index in [1.54, 1.807) is 0 Å². The van der Waals surface area contributed by atoms with E-state index in [1.807, 2.05) is 6.92 Å². The van der Waals surface area contributed by atoms with Crippen molar-refractivity contribution in [3.63, 3.8) is 0 Å². The van der Waals surface area contributed by atoms with Crippen molar-refractivity contribution in [3.8, 4) is 0 Å². The molecule has 2 N–H and O–H groups in total. The topological polar surface area (TPSA) is 50.4 Å². The highest BCUT2D eigenvalue weighted by Gasteiger charge is 2.26. The molecular weight excluding hydrogens is 216 g/mol.